The number of carbonyl (C=O) groups is 1. The van der Waals surface area contributed by atoms with Crippen LogP contribution in [0.2, 0.25) is 0 Å². The van der Waals surface area contributed by atoms with Crippen molar-refractivity contribution in [2.75, 3.05) is 26.2 Å². The third-order valence-electron chi connectivity index (χ3n) is 6.18. The SMILES string of the molecule is O=C(C1CCN(S(=O)(=O)c2ccc(-c3noc(-c4cnccn4)n3)cc2)CC1)N1CCCC1. The number of benzene rings is 1. The lowest BCUT2D eigenvalue weighted by molar-refractivity contribution is -0.135. The Labute approximate surface area is 191 Å². The van der Waals surface area contributed by atoms with Gasteiger partial charge >= 0.3 is 0 Å². The minimum Gasteiger partial charge on any atom is -0.342 e. The zero-order valence-electron chi connectivity index (χ0n) is 18.0. The monoisotopic (exact) mass is 468 g/mol. The second-order valence-electron chi connectivity index (χ2n) is 8.25. The van der Waals surface area contributed by atoms with Crippen LogP contribution in [0.4, 0.5) is 0 Å². The van der Waals surface area contributed by atoms with E-state index in [1.165, 1.54) is 16.7 Å². The molecule has 2 aliphatic heterocycles. The molecule has 0 radical (unpaired) electrons. The van der Waals surface area contributed by atoms with Crippen LogP contribution in [-0.4, -0.2) is 69.8 Å². The van der Waals surface area contributed by atoms with Crippen molar-refractivity contribution in [1.82, 2.24) is 29.3 Å². The summed E-state index contributed by atoms with van der Waals surface area (Å²) in [5.41, 5.74) is 1.09. The summed E-state index contributed by atoms with van der Waals surface area (Å²) in [5.74, 6) is 0.663. The molecule has 2 fully saturated rings. The molecule has 0 bridgehead atoms. The highest BCUT2D eigenvalue weighted by molar-refractivity contribution is 7.89. The Morgan fingerprint density at radius 3 is 2.39 bits per heavy atom. The first-order chi connectivity index (χ1) is 16.0. The molecule has 2 aliphatic rings. The van der Waals surface area contributed by atoms with E-state index in [-0.39, 0.29) is 22.6 Å². The molecule has 4 heterocycles. The molecule has 0 aliphatic carbocycles. The molecule has 0 spiro atoms. The van der Waals surface area contributed by atoms with Crippen molar-refractivity contribution < 1.29 is 17.7 Å². The number of aromatic nitrogens is 4. The van der Waals surface area contributed by atoms with E-state index in [4.69, 9.17) is 4.52 Å². The zero-order chi connectivity index (χ0) is 22.8. The number of nitrogens with zero attached hydrogens (tertiary/aromatic N) is 6. The smallest absolute Gasteiger partial charge is 0.278 e. The van der Waals surface area contributed by atoms with Gasteiger partial charge in [0.2, 0.25) is 21.8 Å². The van der Waals surface area contributed by atoms with Crippen molar-refractivity contribution >= 4 is 15.9 Å². The first kappa shape index (κ1) is 21.7. The van der Waals surface area contributed by atoms with E-state index in [0.29, 0.717) is 43.0 Å². The Morgan fingerprint density at radius 1 is 1.00 bits per heavy atom. The van der Waals surface area contributed by atoms with Gasteiger partial charge in [-0.25, -0.2) is 13.4 Å². The van der Waals surface area contributed by atoms with Gasteiger partial charge in [0.15, 0.2) is 0 Å². The lowest BCUT2D eigenvalue weighted by Crippen LogP contribution is -2.43. The number of sulfonamides is 1. The molecule has 11 heteroatoms. The van der Waals surface area contributed by atoms with Crippen LogP contribution in [0.15, 0.2) is 52.3 Å². The number of piperidine rings is 1. The zero-order valence-corrected chi connectivity index (χ0v) is 18.8. The third-order valence-corrected chi connectivity index (χ3v) is 8.09. The van der Waals surface area contributed by atoms with Crippen molar-refractivity contribution in [3.8, 4) is 23.0 Å². The fourth-order valence-corrected chi connectivity index (χ4v) is 5.79. The van der Waals surface area contributed by atoms with Gasteiger partial charge in [-0.1, -0.05) is 5.16 Å². The van der Waals surface area contributed by atoms with Gasteiger partial charge in [0, 0.05) is 50.1 Å². The predicted molar refractivity (Wildman–Crippen MR) is 118 cm³/mol. The Kier molecular flexibility index (Phi) is 5.90. The molecule has 2 aromatic heterocycles. The molecule has 5 rings (SSSR count). The van der Waals surface area contributed by atoms with E-state index < -0.39 is 10.0 Å². The molecule has 0 N–H and O–H groups in total. The topological polar surface area (TPSA) is 122 Å². The molecule has 0 unspecified atom stereocenters. The second-order valence-corrected chi connectivity index (χ2v) is 10.2. The van der Waals surface area contributed by atoms with Crippen molar-refractivity contribution in [2.24, 2.45) is 5.92 Å². The number of rotatable bonds is 5. The van der Waals surface area contributed by atoms with Crippen molar-refractivity contribution in [3.63, 3.8) is 0 Å². The van der Waals surface area contributed by atoms with Crippen LogP contribution in [0.3, 0.4) is 0 Å². The van der Waals surface area contributed by atoms with E-state index in [1.54, 1.807) is 30.5 Å². The number of amides is 1. The van der Waals surface area contributed by atoms with Gasteiger partial charge in [-0.2, -0.15) is 9.29 Å². The maximum Gasteiger partial charge on any atom is 0.278 e. The normalized spacial score (nSPS) is 18.0. The van der Waals surface area contributed by atoms with E-state index in [1.807, 2.05) is 4.90 Å². The molecule has 33 heavy (non-hydrogen) atoms. The van der Waals surface area contributed by atoms with E-state index in [9.17, 15) is 13.2 Å². The molecule has 10 nitrogen and oxygen atoms in total. The Balaban J connectivity index is 1.25. The highest BCUT2D eigenvalue weighted by Gasteiger charge is 2.34. The van der Waals surface area contributed by atoms with E-state index in [2.05, 4.69) is 20.1 Å². The lowest BCUT2D eigenvalue weighted by Gasteiger charge is -2.32. The van der Waals surface area contributed by atoms with Crippen LogP contribution < -0.4 is 0 Å². The van der Waals surface area contributed by atoms with Gasteiger partial charge in [-0.05, 0) is 49.9 Å². The summed E-state index contributed by atoms with van der Waals surface area (Å²) < 4.78 is 33.0. The van der Waals surface area contributed by atoms with Crippen LogP contribution in [0, 0.1) is 5.92 Å². The molecule has 1 aromatic carbocycles. The Morgan fingerprint density at radius 2 is 1.73 bits per heavy atom. The summed E-state index contributed by atoms with van der Waals surface area (Å²) >= 11 is 0. The fraction of sp³-hybridized carbons (Fsp3) is 0.409. The number of likely N-dealkylation sites (tertiary alicyclic amines) is 1. The maximum atomic E-state index is 13.1. The van der Waals surface area contributed by atoms with Crippen molar-refractivity contribution in [3.05, 3.63) is 42.9 Å². The largest absolute Gasteiger partial charge is 0.342 e. The highest BCUT2D eigenvalue weighted by atomic mass is 32.2. The summed E-state index contributed by atoms with van der Waals surface area (Å²) in [6, 6.07) is 6.40. The lowest BCUT2D eigenvalue weighted by atomic mass is 9.97. The third kappa shape index (κ3) is 4.38. The van der Waals surface area contributed by atoms with Gasteiger partial charge in [-0.3, -0.25) is 9.78 Å². The average molecular weight is 469 g/mol. The number of carbonyl (C=O) groups excluding carboxylic acids is 1. The van der Waals surface area contributed by atoms with Crippen LogP contribution in [-0.2, 0) is 14.8 Å². The maximum absolute atomic E-state index is 13.1. The van der Waals surface area contributed by atoms with Crippen LogP contribution in [0.1, 0.15) is 25.7 Å². The molecular formula is C22H24N6O4S. The first-order valence-corrected chi connectivity index (χ1v) is 12.5. The predicted octanol–water partition coefficient (Wildman–Crippen LogP) is 2.22. The second kappa shape index (κ2) is 8.99. The van der Waals surface area contributed by atoms with Crippen LogP contribution in [0.5, 0.6) is 0 Å². The van der Waals surface area contributed by atoms with E-state index >= 15 is 0 Å². The summed E-state index contributed by atoms with van der Waals surface area (Å²) in [4.78, 5) is 27.2. The first-order valence-electron chi connectivity index (χ1n) is 11.0. The minimum absolute atomic E-state index is 0.0846. The fourth-order valence-electron chi connectivity index (χ4n) is 4.32. The molecule has 2 saturated heterocycles. The molecule has 0 saturated carbocycles. The van der Waals surface area contributed by atoms with Gasteiger partial charge in [-0.15, -0.1) is 0 Å². The standard InChI is InChI=1S/C22H24N6O4S/c29-22(27-11-1-2-12-27)17-7-13-28(14-8-17)33(30,31)18-5-3-16(4-6-18)20-25-21(32-26-20)19-15-23-9-10-24-19/h3-6,9-10,15,17H,1-2,7-8,11-14H2. The van der Waals surface area contributed by atoms with Gasteiger partial charge in [0.05, 0.1) is 11.1 Å². The van der Waals surface area contributed by atoms with E-state index in [0.717, 1.165) is 25.9 Å². The molecule has 3 aromatic rings. The average Bonchev–Trinajstić information content (AvgIpc) is 3.57. The highest BCUT2D eigenvalue weighted by Crippen LogP contribution is 2.28. The van der Waals surface area contributed by atoms with Crippen LogP contribution in [0.25, 0.3) is 23.0 Å². The Bertz CT molecular complexity index is 1220. The van der Waals surface area contributed by atoms with Crippen molar-refractivity contribution in [2.45, 2.75) is 30.6 Å². The summed E-state index contributed by atoms with van der Waals surface area (Å²) in [6.45, 7) is 2.34. The van der Waals surface area contributed by atoms with Gasteiger partial charge in [0.25, 0.3) is 5.89 Å². The molecule has 0 atom stereocenters. The van der Waals surface area contributed by atoms with Crippen LogP contribution >= 0.6 is 0 Å². The number of hydrogen-bond acceptors (Lipinski definition) is 8. The van der Waals surface area contributed by atoms with Crippen molar-refractivity contribution in [1.29, 1.82) is 0 Å². The molecule has 172 valence electrons. The summed E-state index contributed by atoms with van der Waals surface area (Å²) in [5, 5.41) is 3.95. The molecular weight excluding hydrogens is 444 g/mol. The number of hydrogen-bond donors (Lipinski definition) is 0. The Hall–Kier alpha value is -3.18. The van der Waals surface area contributed by atoms with Gasteiger partial charge < -0.3 is 9.42 Å². The summed E-state index contributed by atoms with van der Waals surface area (Å²) in [7, 11) is -3.64. The quantitative estimate of drug-likeness (QED) is 0.559. The minimum atomic E-state index is -3.64. The summed E-state index contributed by atoms with van der Waals surface area (Å²) in [6.07, 6.45) is 7.83. The molecule has 1 amide bonds. The van der Waals surface area contributed by atoms with Gasteiger partial charge in [0.1, 0.15) is 5.69 Å².